The lowest BCUT2D eigenvalue weighted by Gasteiger charge is -1.99. The van der Waals surface area contributed by atoms with Gasteiger partial charge in [-0.25, -0.2) is 0 Å². The Hall–Kier alpha value is -0.430. The van der Waals surface area contributed by atoms with Gasteiger partial charge in [0.15, 0.2) is 0 Å². The molecule has 0 aromatic heterocycles. The quantitative estimate of drug-likeness (QED) is 0.527. The fourth-order valence-electron chi connectivity index (χ4n) is 1.60. The van der Waals surface area contributed by atoms with Crippen molar-refractivity contribution in [1.82, 2.24) is 0 Å². The molecule has 0 fully saturated rings. The molecule has 0 atom stereocenters. The molecule has 0 N–H and O–H groups in total. The Balaban J connectivity index is 2.57. The molecule has 1 aliphatic heterocycles. The Bertz CT molecular complexity index is 303. The zero-order chi connectivity index (χ0) is 8.01. The number of allylic oxidation sites excluding steroid dienone is 5. The topological polar surface area (TPSA) is 0 Å². The summed E-state index contributed by atoms with van der Waals surface area (Å²) in [7, 11) is 0. The van der Waals surface area contributed by atoms with Gasteiger partial charge in [0, 0.05) is 0 Å². The summed E-state index contributed by atoms with van der Waals surface area (Å²) in [6, 6.07) is 0. The van der Waals surface area contributed by atoms with Crippen LogP contribution in [0.2, 0.25) is 0 Å². The number of rotatable bonds is 0. The maximum Gasteiger partial charge on any atom is 0.0511 e. The van der Waals surface area contributed by atoms with E-state index >= 15 is 0 Å². The Morgan fingerprint density at radius 2 is 1.91 bits per heavy atom. The smallest absolute Gasteiger partial charge is 0.0511 e. The third kappa shape index (κ3) is 0.908. The molecule has 1 aliphatic carbocycles. The molecule has 0 aromatic rings. The van der Waals surface area contributed by atoms with Crippen LogP contribution in [0.25, 0.3) is 0 Å². The fourth-order valence-corrected chi connectivity index (χ4v) is 2.48. The standard InChI is InChI=1S/C10H11S/c1-6-4-9-5-11-8(3)10(9)7(6)2/h4-5H,1-3H3. The summed E-state index contributed by atoms with van der Waals surface area (Å²) in [5, 5.41) is 0. The molecule has 0 saturated heterocycles. The summed E-state index contributed by atoms with van der Waals surface area (Å²) < 4.78 is 0. The Kier molecular flexibility index (Phi) is 1.50. The van der Waals surface area contributed by atoms with Gasteiger partial charge in [-0.3, -0.25) is 0 Å². The highest BCUT2D eigenvalue weighted by Crippen LogP contribution is 2.46. The number of hydrogen-bond donors (Lipinski definition) is 0. The zero-order valence-corrected chi connectivity index (χ0v) is 7.88. The van der Waals surface area contributed by atoms with Crippen molar-refractivity contribution in [1.29, 1.82) is 0 Å². The summed E-state index contributed by atoms with van der Waals surface area (Å²) in [5.41, 5.74) is 5.78. The van der Waals surface area contributed by atoms with Crippen LogP contribution in [0.4, 0.5) is 0 Å². The molecular formula is C10H11S. The highest BCUT2D eigenvalue weighted by molar-refractivity contribution is 8.05. The van der Waals surface area contributed by atoms with E-state index in [-0.39, 0.29) is 0 Å². The van der Waals surface area contributed by atoms with Gasteiger partial charge in [0.05, 0.1) is 5.75 Å². The maximum atomic E-state index is 2.27. The predicted octanol–water partition coefficient (Wildman–Crippen LogP) is 3.45. The van der Waals surface area contributed by atoms with Gasteiger partial charge in [-0.1, -0.05) is 6.08 Å². The molecule has 0 saturated carbocycles. The summed E-state index contributed by atoms with van der Waals surface area (Å²) in [5.74, 6) is 2.24. The minimum absolute atomic E-state index is 1.42. The highest BCUT2D eigenvalue weighted by atomic mass is 32.2. The minimum Gasteiger partial charge on any atom is -0.120 e. The van der Waals surface area contributed by atoms with Crippen molar-refractivity contribution in [3.8, 4) is 0 Å². The second kappa shape index (κ2) is 2.28. The average molecular weight is 163 g/mol. The summed E-state index contributed by atoms with van der Waals surface area (Å²) in [6.45, 7) is 6.58. The number of thioether (sulfide) groups is 1. The zero-order valence-electron chi connectivity index (χ0n) is 7.06. The molecule has 0 aromatic carbocycles. The number of fused-ring (bicyclic) bond motifs is 1. The Labute approximate surface area is 72.1 Å². The third-order valence-electron chi connectivity index (χ3n) is 2.34. The van der Waals surface area contributed by atoms with E-state index in [0.29, 0.717) is 0 Å². The predicted molar refractivity (Wildman–Crippen MR) is 51.0 cm³/mol. The van der Waals surface area contributed by atoms with Crippen molar-refractivity contribution in [2.45, 2.75) is 20.8 Å². The van der Waals surface area contributed by atoms with Gasteiger partial charge < -0.3 is 0 Å². The van der Waals surface area contributed by atoms with Crippen molar-refractivity contribution < 1.29 is 0 Å². The van der Waals surface area contributed by atoms with Gasteiger partial charge in [-0.05, 0) is 48.0 Å². The molecule has 2 rings (SSSR count). The van der Waals surface area contributed by atoms with Crippen molar-refractivity contribution in [3.05, 3.63) is 39.0 Å². The molecule has 0 spiro atoms. The molecule has 1 heterocycles. The maximum absolute atomic E-state index is 2.27. The van der Waals surface area contributed by atoms with E-state index < -0.39 is 0 Å². The molecule has 1 heteroatoms. The SMILES string of the molecule is CC1=C(C)C2=C(C)S[CH]C2=C1. The first kappa shape index (κ1) is 7.23. The van der Waals surface area contributed by atoms with Gasteiger partial charge in [-0.2, -0.15) is 0 Å². The van der Waals surface area contributed by atoms with Gasteiger partial charge >= 0.3 is 0 Å². The monoisotopic (exact) mass is 163 g/mol. The van der Waals surface area contributed by atoms with Crippen LogP contribution in [0.3, 0.4) is 0 Å². The van der Waals surface area contributed by atoms with Crippen LogP contribution in [0.1, 0.15) is 20.8 Å². The molecular weight excluding hydrogens is 152 g/mol. The third-order valence-corrected chi connectivity index (χ3v) is 3.27. The lowest BCUT2D eigenvalue weighted by atomic mass is 10.1. The van der Waals surface area contributed by atoms with E-state index in [9.17, 15) is 0 Å². The van der Waals surface area contributed by atoms with Gasteiger partial charge in [-0.15, -0.1) is 11.8 Å². The molecule has 0 bridgehead atoms. The molecule has 11 heavy (non-hydrogen) atoms. The van der Waals surface area contributed by atoms with Crippen LogP contribution < -0.4 is 0 Å². The van der Waals surface area contributed by atoms with Gasteiger partial charge in [0.2, 0.25) is 0 Å². The summed E-state index contributed by atoms with van der Waals surface area (Å²) in [6.07, 6.45) is 2.27. The molecule has 2 aliphatic rings. The largest absolute Gasteiger partial charge is 0.120 e. The van der Waals surface area contributed by atoms with Crippen molar-refractivity contribution in [2.75, 3.05) is 0 Å². The van der Waals surface area contributed by atoms with Gasteiger partial charge in [0.25, 0.3) is 0 Å². The number of hydrogen-bond acceptors (Lipinski definition) is 1. The van der Waals surface area contributed by atoms with Crippen LogP contribution in [0, 0.1) is 5.75 Å². The van der Waals surface area contributed by atoms with Crippen LogP contribution >= 0.6 is 11.8 Å². The normalized spacial score (nSPS) is 23.0. The Morgan fingerprint density at radius 3 is 2.55 bits per heavy atom. The van der Waals surface area contributed by atoms with Crippen LogP contribution in [0.5, 0.6) is 0 Å². The first-order valence-electron chi connectivity index (χ1n) is 3.81. The first-order chi connectivity index (χ1) is 5.20. The molecule has 57 valence electrons. The molecule has 0 nitrogen and oxygen atoms in total. The van der Waals surface area contributed by atoms with Crippen molar-refractivity contribution >= 4 is 11.8 Å². The average Bonchev–Trinajstić information content (AvgIpc) is 2.41. The van der Waals surface area contributed by atoms with E-state index in [2.05, 4.69) is 32.6 Å². The lowest BCUT2D eigenvalue weighted by Crippen LogP contribution is -1.81. The molecule has 0 unspecified atom stereocenters. The van der Waals surface area contributed by atoms with Crippen LogP contribution in [0.15, 0.2) is 33.3 Å². The Morgan fingerprint density at radius 1 is 1.18 bits per heavy atom. The van der Waals surface area contributed by atoms with E-state index in [0.717, 1.165) is 0 Å². The molecule has 0 amide bonds. The van der Waals surface area contributed by atoms with E-state index in [1.807, 2.05) is 11.8 Å². The van der Waals surface area contributed by atoms with Crippen LogP contribution in [-0.2, 0) is 0 Å². The van der Waals surface area contributed by atoms with Crippen molar-refractivity contribution in [3.63, 3.8) is 0 Å². The fraction of sp³-hybridized carbons (Fsp3) is 0.300. The minimum atomic E-state index is 1.42. The summed E-state index contributed by atoms with van der Waals surface area (Å²) in [4.78, 5) is 1.45. The van der Waals surface area contributed by atoms with E-state index in [1.165, 1.54) is 27.2 Å². The van der Waals surface area contributed by atoms with Crippen LogP contribution in [-0.4, -0.2) is 0 Å². The van der Waals surface area contributed by atoms with Crippen molar-refractivity contribution in [2.24, 2.45) is 0 Å². The van der Waals surface area contributed by atoms with Gasteiger partial charge in [0.1, 0.15) is 0 Å². The lowest BCUT2D eigenvalue weighted by molar-refractivity contribution is 1.35. The van der Waals surface area contributed by atoms with E-state index in [4.69, 9.17) is 0 Å². The second-order valence-corrected chi connectivity index (χ2v) is 4.16. The van der Waals surface area contributed by atoms with E-state index in [1.54, 1.807) is 0 Å². The molecule has 1 radical (unpaired) electrons. The first-order valence-corrected chi connectivity index (χ1v) is 4.69. The summed E-state index contributed by atoms with van der Waals surface area (Å²) >= 11 is 1.85. The second-order valence-electron chi connectivity index (χ2n) is 3.07. The highest BCUT2D eigenvalue weighted by Gasteiger charge is 2.23.